The number of aromatic nitrogens is 1. The molecule has 0 unspecified atom stereocenters. The molecule has 0 fully saturated rings. The Bertz CT molecular complexity index is 1080. The first kappa shape index (κ1) is 20.4. The predicted molar refractivity (Wildman–Crippen MR) is 106 cm³/mol. The van der Waals surface area contributed by atoms with Crippen molar-refractivity contribution in [2.24, 2.45) is 0 Å². The summed E-state index contributed by atoms with van der Waals surface area (Å²) in [4.78, 5) is 3.56. The van der Waals surface area contributed by atoms with Gasteiger partial charge in [0.25, 0.3) is 10.0 Å². The molecule has 0 amide bonds. The minimum atomic E-state index is -4.28. The summed E-state index contributed by atoms with van der Waals surface area (Å²) in [6, 6.07) is 8.39. The molecule has 0 atom stereocenters. The van der Waals surface area contributed by atoms with Gasteiger partial charge in [-0.2, -0.15) is 0 Å². The van der Waals surface area contributed by atoms with Crippen LogP contribution in [0.4, 0.5) is 9.52 Å². The minimum absolute atomic E-state index is 0.112. The second-order valence-electron chi connectivity index (χ2n) is 5.58. The molecule has 0 saturated heterocycles. The molecule has 6 nitrogen and oxygen atoms in total. The maximum atomic E-state index is 14.3. The van der Waals surface area contributed by atoms with E-state index in [1.54, 1.807) is 23.6 Å². The summed E-state index contributed by atoms with van der Waals surface area (Å²) in [5, 5.41) is 1.94. The molecule has 28 heavy (non-hydrogen) atoms. The number of anilines is 1. The van der Waals surface area contributed by atoms with E-state index in [2.05, 4.69) is 4.98 Å². The van der Waals surface area contributed by atoms with E-state index >= 15 is 0 Å². The van der Waals surface area contributed by atoms with Crippen molar-refractivity contribution in [3.05, 3.63) is 64.4 Å². The van der Waals surface area contributed by atoms with E-state index in [1.165, 1.54) is 26.5 Å². The Labute approximate surface area is 171 Å². The van der Waals surface area contributed by atoms with E-state index in [1.807, 2.05) is 0 Å². The van der Waals surface area contributed by atoms with E-state index in [0.29, 0.717) is 17.1 Å². The van der Waals surface area contributed by atoms with Crippen LogP contribution in [-0.4, -0.2) is 27.6 Å². The van der Waals surface area contributed by atoms with Crippen LogP contribution in [0, 0.1) is 5.82 Å². The summed E-state index contributed by atoms with van der Waals surface area (Å²) in [6.45, 7) is -0.116. The third-order valence-corrected chi connectivity index (χ3v) is 6.80. The van der Waals surface area contributed by atoms with E-state index < -0.39 is 20.7 Å². The zero-order chi connectivity index (χ0) is 20.3. The average molecular weight is 443 g/mol. The molecule has 1 heterocycles. The summed E-state index contributed by atoms with van der Waals surface area (Å²) < 4.78 is 52.4. The number of sulfonamides is 1. The van der Waals surface area contributed by atoms with Crippen LogP contribution in [-0.2, 0) is 16.6 Å². The van der Waals surface area contributed by atoms with Crippen LogP contribution in [0.25, 0.3) is 0 Å². The average Bonchev–Trinajstić information content (AvgIpc) is 3.21. The fourth-order valence-corrected chi connectivity index (χ4v) is 5.12. The van der Waals surface area contributed by atoms with Gasteiger partial charge >= 0.3 is 0 Å². The van der Waals surface area contributed by atoms with Gasteiger partial charge in [-0.25, -0.2) is 22.1 Å². The maximum absolute atomic E-state index is 14.3. The number of hydrogen-bond donors (Lipinski definition) is 0. The van der Waals surface area contributed by atoms with Gasteiger partial charge < -0.3 is 9.47 Å². The van der Waals surface area contributed by atoms with Crippen molar-refractivity contribution >= 4 is 38.1 Å². The lowest BCUT2D eigenvalue weighted by atomic mass is 10.2. The Morgan fingerprint density at radius 1 is 1.18 bits per heavy atom. The van der Waals surface area contributed by atoms with Crippen molar-refractivity contribution in [1.29, 1.82) is 0 Å². The molecule has 2 aromatic carbocycles. The largest absolute Gasteiger partial charge is 0.497 e. The number of methoxy groups -OCH3 is 2. The van der Waals surface area contributed by atoms with Crippen LogP contribution >= 0.6 is 22.9 Å². The lowest BCUT2D eigenvalue weighted by Crippen LogP contribution is -2.31. The fourth-order valence-electron chi connectivity index (χ4n) is 2.53. The number of thiazole rings is 1. The van der Waals surface area contributed by atoms with Gasteiger partial charge in [0.05, 0.1) is 20.8 Å². The number of halogens is 2. The Kier molecular flexibility index (Phi) is 6.07. The quantitative estimate of drug-likeness (QED) is 0.544. The number of nitrogens with zero attached hydrogens (tertiary/aromatic N) is 2. The highest BCUT2D eigenvalue weighted by atomic mass is 35.5. The Morgan fingerprint density at radius 3 is 2.61 bits per heavy atom. The van der Waals surface area contributed by atoms with Crippen molar-refractivity contribution < 1.29 is 22.3 Å². The summed E-state index contributed by atoms with van der Waals surface area (Å²) in [5.74, 6) is 0.0977. The molecule has 0 saturated carbocycles. The van der Waals surface area contributed by atoms with Crippen LogP contribution in [0.5, 0.6) is 11.5 Å². The number of rotatable bonds is 7. The van der Waals surface area contributed by atoms with Crippen molar-refractivity contribution in [3.63, 3.8) is 0 Å². The van der Waals surface area contributed by atoms with Gasteiger partial charge in [0, 0.05) is 28.2 Å². The molecular weight excluding hydrogens is 427 g/mol. The Hall–Kier alpha value is -2.36. The van der Waals surface area contributed by atoms with Crippen LogP contribution in [0.15, 0.2) is 52.9 Å². The summed E-state index contributed by atoms with van der Waals surface area (Å²) in [7, 11) is -1.30. The smallest absolute Gasteiger partial charge is 0.269 e. The monoisotopic (exact) mass is 442 g/mol. The first-order chi connectivity index (χ1) is 13.4. The summed E-state index contributed by atoms with van der Waals surface area (Å²) in [5.41, 5.74) is 0.560. The van der Waals surface area contributed by atoms with Crippen molar-refractivity contribution in [3.8, 4) is 11.5 Å². The molecule has 148 valence electrons. The number of hydrogen-bond acceptors (Lipinski definition) is 6. The topological polar surface area (TPSA) is 68.7 Å². The maximum Gasteiger partial charge on any atom is 0.269 e. The van der Waals surface area contributed by atoms with E-state index in [9.17, 15) is 12.8 Å². The number of benzene rings is 2. The first-order valence-electron chi connectivity index (χ1n) is 7.95. The molecule has 0 radical (unpaired) electrons. The molecule has 0 aliphatic carbocycles. The third-order valence-electron chi connectivity index (χ3n) is 3.90. The van der Waals surface area contributed by atoms with E-state index in [-0.39, 0.29) is 16.7 Å². The SMILES string of the molecule is COc1ccc(CN(c2nccs2)S(=O)(=O)c2cc(Cl)ccc2F)c(OC)c1. The minimum Gasteiger partial charge on any atom is -0.497 e. The standard InChI is InChI=1S/C18H16ClFN2O4S2/c1-25-14-5-3-12(16(10-14)26-2)11-22(18-21-7-8-27-18)28(23,24)17-9-13(19)4-6-15(17)20/h3-10H,11H2,1-2H3. The van der Waals surface area contributed by atoms with Gasteiger partial charge in [0.1, 0.15) is 22.2 Å². The highest BCUT2D eigenvalue weighted by Crippen LogP contribution is 2.33. The molecule has 1 aromatic heterocycles. The molecule has 0 bridgehead atoms. The molecule has 3 aromatic rings. The van der Waals surface area contributed by atoms with Gasteiger partial charge in [-0.15, -0.1) is 11.3 Å². The third kappa shape index (κ3) is 4.06. The van der Waals surface area contributed by atoms with Crippen molar-refractivity contribution in [2.75, 3.05) is 18.5 Å². The molecule has 10 heteroatoms. The van der Waals surface area contributed by atoms with Gasteiger partial charge in [0.2, 0.25) is 0 Å². The Morgan fingerprint density at radius 2 is 1.96 bits per heavy atom. The predicted octanol–water partition coefficient (Wildman–Crippen LogP) is 4.35. The van der Waals surface area contributed by atoms with Gasteiger partial charge in [-0.05, 0) is 30.3 Å². The van der Waals surface area contributed by atoms with E-state index in [0.717, 1.165) is 27.8 Å². The normalized spacial score (nSPS) is 11.3. The zero-order valence-electron chi connectivity index (χ0n) is 14.9. The molecule has 0 N–H and O–H groups in total. The van der Waals surface area contributed by atoms with Crippen molar-refractivity contribution in [2.45, 2.75) is 11.4 Å². The Balaban J connectivity index is 2.10. The van der Waals surface area contributed by atoms with Crippen LogP contribution < -0.4 is 13.8 Å². The van der Waals surface area contributed by atoms with Crippen molar-refractivity contribution in [1.82, 2.24) is 4.98 Å². The second-order valence-corrected chi connectivity index (χ2v) is 8.72. The first-order valence-corrected chi connectivity index (χ1v) is 10.6. The van der Waals surface area contributed by atoms with Gasteiger partial charge in [0.15, 0.2) is 5.13 Å². The zero-order valence-corrected chi connectivity index (χ0v) is 17.3. The highest BCUT2D eigenvalue weighted by molar-refractivity contribution is 7.93. The lowest BCUT2D eigenvalue weighted by Gasteiger charge is -2.23. The lowest BCUT2D eigenvalue weighted by molar-refractivity contribution is 0.391. The molecule has 0 aliphatic rings. The highest BCUT2D eigenvalue weighted by Gasteiger charge is 2.31. The van der Waals surface area contributed by atoms with Gasteiger partial charge in [-0.1, -0.05) is 11.6 Å². The molecule has 3 rings (SSSR count). The number of ether oxygens (including phenoxy) is 2. The van der Waals surface area contributed by atoms with Crippen LogP contribution in [0.3, 0.4) is 0 Å². The molecule has 0 aliphatic heterocycles. The summed E-state index contributed by atoms with van der Waals surface area (Å²) in [6.07, 6.45) is 1.47. The fraction of sp³-hybridized carbons (Fsp3) is 0.167. The molecular formula is C18H16ClFN2O4S2. The summed E-state index contributed by atoms with van der Waals surface area (Å²) >= 11 is 7.01. The van der Waals surface area contributed by atoms with Crippen LogP contribution in [0.1, 0.15) is 5.56 Å². The second kappa shape index (κ2) is 8.34. The van der Waals surface area contributed by atoms with Crippen LogP contribution in [0.2, 0.25) is 5.02 Å². The van der Waals surface area contributed by atoms with Gasteiger partial charge in [-0.3, -0.25) is 0 Å². The van der Waals surface area contributed by atoms with E-state index in [4.69, 9.17) is 21.1 Å². The molecule has 0 spiro atoms.